The molecule has 2 heteroatoms. The monoisotopic (exact) mass is 290 g/mol. The summed E-state index contributed by atoms with van der Waals surface area (Å²) in [5.74, 6) is 1.45. The van der Waals surface area contributed by atoms with Crippen LogP contribution in [0.5, 0.6) is 0 Å². The van der Waals surface area contributed by atoms with Gasteiger partial charge in [0.05, 0.1) is 0 Å². The third-order valence-corrected chi connectivity index (χ3v) is 3.71. The van der Waals surface area contributed by atoms with Crippen LogP contribution in [-0.4, -0.2) is 31.1 Å². The molecule has 0 saturated carbocycles. The van der Waals surface area contributed by atoms with Crippen molar-refractivity contribution in [2.45, 2.75) is 47.6 Å². The van der Waals surface area contributed by atoms with Gasteiger partial charge >= 0.3 is 0 Å². The van der Waals surface area contributed by atoms with Gasteiger partial charge < -0.3 is 5.32 Å². The van der Waals surface area contributed by atoms with Crippen LogP contribution in [0.4, 0.5) is 0 Å². The molecule has 0 radical (unpaired) electrons. The maximum atomic E-state index is 3.55. The topological polar surface area (TPSA) is 15.3 Å². The fraction of sp³-hybridized carbons (Fsp3) is 0.684. The average molecular weight is 290 g/mol. The molecule has 1 rings (SSSR count). The standard InChI is InChI=1S/C19H34N2/c1-6-21(14-17(4)5)15-19-10-8-7-9-18(19)11-12-20-13-16(2)3/h7-10,16-17,20H,6,11-15H2,1-5H3. The predicted molar refractivity (Wildman–Crippen MR) is 93.6 cm³/mol. The normalized spacial score (nSPS) is 11.8. The summed E-state index contributed by atoms with van der Waals surface area (Å²) in [7, 11) is 0. The lowest BCUT2D eigenvalue weighted by Crippen LogP contribution is -2.28. The zero-order valence-corrected chi connectivity index (χ0v) is 14.7. The summed E-state index contributed by atoms with van der Waals surface area (Å²) in [6.45, 7) is 16.9. The van der Waals surface area contributed by atoms with Crippen molar-refractivity contribution in [3.63, 3.8) is 0 Å². The van der Waals surface area contributed by atoms with Crippen molar-refractivity contribution in [2.24, 2.45) is 11.8 Å². The largest absolute Gasteiger partial charge is 0.316 e. The van der Waals surface area contributed by atoms with Crippen molar-refractivity contribution < 1.29 is 0 Å². The molecule has 120 valence electrons. The molecule has 21 heavy (non-hydrogen) atoms. The fourth-order valence-corrected chi connectivity index (χ4v) is 2.63. The van der Waals surface area contributed by atoms with Gasteiger partial charge in [0.1, 0.15) is 0 Å². The summed E-state index contributed by atoms with van der Waals surface area (Å²) >= 11 is 0. The zero-order valence-electron chi connectivity index (χ0n) is 14.7. The molecule has 0 saturated heterocycles. The summed E-state index contributed by atoms with van der Waals surface area (Å²) in [5, 5.41) is 3.55. The van der Waals surface area contributed by atoms with Crippen LogP contribution in [0.1, 0.15) is 45.7 Å². The van der Waals surface area contributed by atoms with Crippen molar-refractivity contribution in [2.75, 3.05) is 26.2 Å². The SMILES string of the molecule is CCN(Cc1ccccc1CCNCC(C)C)CC(C)C. The van der Waals surface area contributed by atoms with E-state index < -0.39 is 0 Å². The quantitative estimate of drug-likeness (QED) is 0.656. The highest BCUT2D eigenvalue weighted by molar-refractivity contribution is 5.27. The van der Waals surface area contributed by atoms with Crippen LogP contribution in [0.3, 0.4) is 0 Å². The van der Waals surface area contributed by atoms with Gasteiger partial charge in [0.15, 0.2) is 0 Å². The number of hydrogen-bond acceptors (Lipinski definition) is 2. The van der Waals surface area contributed by atoms with Gasteiger partial charge in [0.25, 0.3) is 0 Å². The van der Waals surface area contributed by atoms with Crippen molar-refractivity contribution in [1.82, 2.24) is 10.2 Å². The average Bonchev–Trinajstić information content (AvgIpc) is 2.43. The van der Waals surface area contributed by atoms with Crippen LogP contribution in [0.15, 0.2) is 24.3 Å². The van der Waals surface area contributed by atoms with Crippen LogP contribution in [0.25, 0.3) is 0 Å². The first-order valence-corrected chi connectivity index (χ1v) is 8.52. The smallest absolute Gasteiger partial charge is 0.0236 e. The molecule has 0 aliphatic rings. The van der Waals surface area contributed by atoms with E-state index in [0.717, 1.165) is 44.4 Å². The van der Waals surface area contributed by atoms with Gasteiger partial charge in [0.2, 0.25) is 0 Å². The Kier molecular flexibility index (Phi) is 8.63. The van der Waals surface area contributed by atoms with E-state index in [2.05, 4.69) is 69.1 Å². The Morgan fingerprint density at radius 3 is 2.24 bits per heavy atom. The van der Waals surface area contributed by atoms with Crippen molar-refractivity contribution in [1.29, 1.82) is 0 Å². The second kappa shape index (κ2) is 9.97. The molecule has 1 aromatic rings. The van der Waals surface area contributed by atoms with E-state index in [0.29, 0.717) is 0 Å². The minimum atomic E-state index is 0.724. The van der Waals surface area contributed by atoms with Gasteiger partial charge in [-0.25, -0.2) is 0 Å². The molecule has 0 aromatic heterocycles. The van der Waals surface area contributed by atoms with Gasteiger partial charge in [-0.15, -0.1) is 0 Å². The molecule has 1 aromatic carbocycles. The molecular formula is C19H34N2. The summed E-state index contributed by atoms with van der Waals surface area (Å²) in [5.41, 5.74) is 2.99. The van der Waals surface area contributed by atoms with Crippen molar-refractivity contribution in [3.8, 4) is 0 Å². The van der Waals surface area contributed by atoms with Crippen molar-refractivity contribution >= 4 is 0 Å². The van der Waals surface area contributed by atoms with Crippen LogP contribution in [0.2, 0.25) is 0 Å². The number of hydrogen-bond donors (Lipinski definition) is 1. The van der Waals surface area contributed by atoms with Gasteiger partial charge in [-0.1, -0.05) is 58.9 Å². The lowest BCUT2D eigenvalue weighted by molar-refractivity contribution is 0.247. The third-order valence-electron chi connectivity index (χ3n) is 3.71. The van der Waals surface area contributed by atoms with Crippen LogP contribution in [0, 0.1) is 11.8 Å². The maximum absolute atomic E-state index is 3.55. The van der Waals surface area contributed by atoms with Crippen LogP contribution < -0.4 is 5.32 Å². The second-order valence-corrected chi connectivity index (χ2v) is 6.84. The molecular weight excluding hydrogens is 256 g/mol. The highest BCUT2D eigenvalue weighted by Crippen LogP contribution is 2.13. The van der Waals surface area contributed by atoms with Gasteiger partial charge in [0, 0.05) is 13.1 Å². The van der Waals surface area contributed by atoms with E-state index >= 15 is 0 Å². The lowest BCUT2D eigenvalue weighted by atomic mass is 10.0. The number of nitrogens with zero attached hydrogens (tertiary/aromatic N) is 1. The summed E-state index contributed by atoms with van der Waals surface area (Å²) in [4.78, 5) is 2.55. The number of benzene rings is 1. The van der Waals surface area contributed by atoms with Gasteiger partial charge in [-0.05, 0) is 49.0 Å². The Labute approximate surface area is 131 Å². The fourth-order valence-electron chi connectivity index (χ4n) is 2.63. The molecule has 0 amide bonds. The Morgan fingerprint density at radius 1 is 1.00 bits per heavy atom. The first-order chi connectivity index (χ1) is 10.0. The predicted octanol–water partition coefficient (Wildman–Crippen LogP) is 3.95. The number of nitrogens with one attached hydrogen (secondary N) is 1. The lowest BCUT2D eigenvalue weighted by Gasteiger charge is -2.24. The highest BCUT2D eigenvalue weighted by Gasteiger charge is 2.09. The van der Waals surface area contributed by atoms with Crippen LogP contribution in [-0.2, 0) is 13.0 Å². The van der Waals surface area contributed by atoms with Crippen molar-refractivity contribution in [3.05, 3.63) is 35.4 Å². The molecule has 1 N–H and O–H groups in total. The molecule has 2 nitrogen and oxygen atoms in total. The molecule has 0 atom stereocenters. The Bertz CT molecular complexity index is 385. The van der Waals surface area contributed by atoms with E-state index in [1.165, 1.54) is 17.7 Å². The molecule has 0 aliphatic heterocycles. The highest BCUT2D eigenvalue weighted by atomic mass is 15.1. The zero-order chi connectivity index (χ0) is 15.7. The van der Waals surface area contributed by atoms with Crippen LogP contribution >= 0.6 is 0 Å². The Morgan fingerprint density at radius 2 is 1.67 bits per heavy atom. The number of rotatable bonds is 10. The van der Waals surface area contributed by atoms with Gasteiger partial charge in [-0.3, -0.25) is 4.90 Å². The minimum Gasteiger partial charge on any atom is -0.316 e. The maximum Gasteiger partial charge on any atom is 0.0236 e. The third kappa shape index (κ3) is 7.63. The summed E-state index contributed by atoms with van der Waals surface area (Å²) in [6.07, 6.45) is 1.13. The first-order valence-electron chi connectivity index (χ1n) is 8.52. The Hall–Kier alpha value is -0.860. The summed E-state index contributed by atoms with van der Waals surface area (Å²) < 4.78 is 0. The Balaban J connectivity index is 2.57. The first kappa shape index (κ1) is 18.2. The molecule has 0 unspecified atom stereocenters. The van der Waals surface area contributed by atoms with E-state index in [1.54, 1.807) is 0 Å². The molecule has 0 spiro atoms. The second-order valence-electron chi connectivity index (χ2n) is 6.84. The molecule has 0 aliphatic carbocycles. The van der Waals surface area contributed by atoms with E-state index in [-0.39, 0.29) is 0 Å². The molecule has 0 bridgehead atoms. The molecule has 0 heterocycles. The molecule has 0 fully saturated rings. The van der Waals surface area contributed by atoms with Gasteiger partial charge in [-0.2, -0.15) is 0 Å². The van der Waals surface area contributed by atoms with E-state index in [1.807, 2.05) is 0 Å². The minimum absolute atomic E-state index is 0.724. The summed E-state index contributed by atoms with van der Waals surface area (Å²) in [6, 6.07) is 8.92. The van der Waals surface area contributed by atoms with E-state index in [9.17, 15) is 0 Å². The van der Waals surface area contributed by atoms with E-state index in [4.69, 9.17) is 0 Å².